The molecule has 0 N–H and O–H groups in total. The Morgan fingerprint density at radius 3 is 2.80 bits per heavy atom. The van der Waals surface area contributed by atoms with Crippen LogP contribution in [0.2, 0.25) is 0 Å². The molecular formula is C17H27N3O4S. The van der Waals surface area contributed by atoms with Crippen molar-refractivity contribution in [3.8, 4) is 5.75 Å². The summed E-state index contributed by atoms with van der Waals surface area (Å²) in [5, 5.41) is 0. The van der Waals surface area contributed by atoms with Crippen molar-refractivity contribution in [2.75, 3.05) is 43.9 Å². The van der Waals surface area contributed by atoms with E-state index >= 15 is 0 Å². The Labute approximate surface area is 150 Å². The van der Waals surface area contributed by atoms with Crippen LogP contribution in [0.1, 0.15) is 26.2 Å². The standard InChI is InChI=1S/C17H27N3O4S/c1-14(23-2)13-25(21,22)20-11-7-15(12-20)24-16-6-5-8-18-17(16)19-9-3-4-10-19/h5-6,8,14-15H,3-4,7,9-13H2,1-2H3/t14-,15+/m1/s1. The van der Waals surface area contributed by atoms with E-state index in [0.717, 1.165) is 24.7 Å². The molecule has 0 unspecified atom stereocenters. The van der Waals surface area contributed by atoms with Crippen LogP contribution in [0.3, 0.4) is 0 Å². The molecule has 0 amide bonds. The number of methoxy groups -OCH3 is 1. The van der Waals surface area contributed by atoms with Gasteiger partial charge in [0.1, 0.15) is 6.10 Å². The highest BCUT2D eigenvalue weighted by Gasteiger charge is 2.34. The molecule has 2 atom stereocenters. The van der Waals surface area contributed by atoms with Crippen LogP contribution in [-0.2, 0) is 14.8 Å². The van der Waals surface area contributed by atoms with Crippen molar-refractivity contribution in [3.63, 3.8) is 0 Å². The summed E-state index contributed by atoms with van der Waals surface area (Å²) >= 11 is 0. The molecule has 0 spiro atoms. The molecule has 25 heavy (non-hydrogen) atoms. The van der Waals surface area contributed by atoms with E-state index in [1.165, 1.54) is 24.3 Å². The number of rotatable bonds is 7. The van der Waals surface area contributed by atoms with Gasteiger partial charge in [0.05, 0.1) is 18.4 Å². The summed E-state index contributed by atoms with van der Waals surface area (Å²) in [4.78, 5) is 6.71. The highest BCUT2D eigenvalue weighted by molar-refractivity contribution is 7.89. The highest BCUT2D eigenvalue weighted by atomic mass is 32.2. The number of sulfonamides is 1. The Kier molecular flexibility index (Phi) is 5.81. The molecule has 0 radical (unpaired) electrons. The van der Waals surface area contributed by atoms with Crippen LogP contribution in [0, 0.1) is 0 Å². The number of hydrogen-bond acceptors (Lipinski definition) is 6. The summed E-state index contributed by atoms with van der Waals surface area (Å²) in [6.45, 7) is 4.62. The van der Waals surface area contributed by atoms with Gasteiger partial charge in [-0.15, -0.1) is 0 Å². The number of aromatic nitrogens is 1. The van der Waals surface area contributed by atoms with Gasteiger partial charge in [0.25, 0.3) is 0 Å². The van der Waals surface area contributed by atoms with Crippen molar-refractivity contribution in [1.29, 1.82) is 0 Å². The maximum Gasteiger partial charge on any atom is 0.216 e. The molecule has 2 saturated heterocycles. The van der Waals surface area contributed by atoms with E-state index in [1.807, 2.05) is 12.1 Å². The summed E-state index contributed by atoms with van der Waals surface area (Å²) in [6, 6.07) is 3.78. The summed E-state index contributed by atoms with van der Waals surface area (Å²) in [5.41, 5.74) is 0. The molecule has 0 aliphatic carbocycles. The minimum atomic E-state index is -3.32. The average Bonchev–Trinajstić information content (AvgIpc) is 3.27. The number of anilines is 1. The fourth-order valence-electron chi connectivity index (χ4n) is 3.34. The third kappa shape index (κ3) is 4.43. The molecular weight excluding hydrogens is 342 g/mol. The molecule has 140 valence electrons. The lowest BCUT2D eigenvalue weighted by atomic mass is 10.3. The fraction of sp³-hybridized carbons (Fsp3) is 0.706. The zero-order chi connectivity index (χ0) is 17.9. The monoisotopic (exact) mass is 369 g/mol. The third-order valence-corrected chi connectivity index (χ3v) is 6.81. The maximum atomic E-state index is 12.4. The van der Waals surface area contributed by atoms with E-state index in [9.17, 15) is 8.42 Å². The zero-order valence-corrected chi connectivity index (χ0v) is 15.7. The van der Waals surface area contributed by atoms with Gasteiger partial charge in [-0.25, -0.2) is 13.4 Å². The van der Waals surface area contributed by atoms with Crippen LogP contribution < -0.4 is 9.64 Å². The van der Waals surface area contributed by atoms with Crippen LogP contribution in [0.25, 0.3) is 0 Å². The first-order valence-corrected chi connectivity index (χ1v) is 10.5. The minimum absolute atomic E-state index is 0.00212. The van der Waals surface area contributed by atoms with Crippen LogP contribution in [0.5, 0.6) is 5.75 Å². The minimum Gasteiger partial charge on any atom is -0.485 e. The predicted octanol–water partition coefficient (Wildman–Crippen LogP) is 1.50. The Bertz CT molecular complexity index is 676. The van der Waals surface area contributed by atoms with Gasteiger partial charge < -0.3 is 14.4 Å². The van der Waals surface area contributed by atoms with Gasteiger partial charge in [-0.2, -0.15) is 4.31 Å². The molecule has 0 bridgehead atoms. The molecule has 7 nitrogen and oxygen atoms in total. The summed E-state index contributed by atoms with van der Waals surface area (Å²) in [6.07, 6.45) is 4.35. The van der Waals surface area contributed by atoms with Crippen molar-refractivity contribution < 1.29 is 17.9 Å². The largest absolute Gasteiger partial charge is 0.485 e. The fourth-order valence-corrected chi connectivity index (χ4v) is 5.05. The first-order valence-electron chi connectivity index (χ1n) is 8.87. The Morgan fingerprint density at radius 2 is 2.08 bits per heavy atom. The van der Waals surface area contributed by atoms with Gasteiger partial charge in [0, 0.05) is 32.9 Å². The zero-order valence-electron chi connectivity index (χ0n) is 14.9. The van der Waals surface area contributed by atoms with E-state index in [4.69, 9.17) is 9.47 Å². The Morgan fingerprint density at radius 1 is 1.32 bits per heavy atom. The van der Waals surface area contributed by atoms with Gasteiger partial charge in [-0.1, -0.05) is 0 Å². The molecule has 1 aromatic rings. The van der Waals surface area contributed by atoms with Crippen molar-refractivity contribution in [1.82, 2.24) is 9.29 Å². The van der Waals surface area contributed by atoms with Crippen molar-refractivity contribution in [2.24, 2.45) is 0 Å². The van der Waals surface area contributed by atoms with Crippen LogP contribution >= 0.6 is 0 Å². The van der Waals surface area contributed by atoms with Crippen LogP contribution in [0.15, 0.2) is 18.3 Å². The van der Waals surface area contributed by atoms with Crippen LogP contribution in [-0.4, -0.2) is 69.0 Å². The second-order valence-corrected chi connectivity index (χ2v) is 8.74. The van der Waals surface area contributed by atoms with E-state index in [0.29, 0.717) is 19.5 Å². The quantitative estimate of drug-likeness (QED) is 0.725. The smallest absolute Gasteiger partial charge is 0.216 e. The van der Waals surface area contributed by atoms with E-state index in [1.54, 1.807) is 13.1 Å². The van der Waals surface area contributed by atoms with Gasteiger partial charge in [-0.05, 0) is 38.3 Å². The van der Waals surface area contributed by atoms with Crippen LogP contribution in [0.4, 0.5) is 5.82 Å². The number of nitrogens with zero attached hydrogens (tertiary/aromatic N) is 3. The van der Waals surface area contributed by atoms with Gasteiger partial charge in [0.15, 0.2) is 11.6 Å². The summed E-state index contributed by atoms with van der Waals surface area (Å²) < 4.78 is 37.6. The molecule has 8 heteroatoms. The summed E-state index contributed by atoms with van der Waals surface area (Å²) in [7, 11) is -1.79. The topological polar surface area (TPSA) is 72.0 Å². The molecule has 0 saturated carbocycles. The van der Waals surface area contributed by atoms with E-state index in [-0.39, 0.29) is 18.0 Å². The predicted molar refractivity (Wildman–Crippen MR) is 96.5 cm³/mol. The molecule has 0 aromatic carbocycles. The molecule has 2 aliphatic heterocycles. The normalized spacial score (nSPS) is 23.1. The lowest BCUT2D eigenvalue weighted by molar-refractivity contribution is 0.135. The average molecular weight is 369 g/mol. The number of ether oxygens (including phenoxy) is 2. The lowest BCUT2D eigenvalue weighted by Gasteiger charge is -2.22. The van der Waals surface area contributed by atoms with Crippen molar-refractivity contribution in [3.05, 3.63) is 18.3 Å². The second kappa shape index (κ2) is 7.88. The first-order chi connectivity index (χ1) is 12.0. The first kappa shape index (κ1) is 18.4. The molecule has 1 aromatic heterocycles. The Hall–Kier alpha value is -1.38. The second-order valence-electron chi connectivity index (χ2n) is 6.73. The van der Waals surface area contributed by atoms with Crippen molar-refractivity contribution >= 4 is 15.8 Å². The summed E-state index contributed by atoms with van der Waals surface area (Å²) in [5.74, 6) is 1.62. The number of hydrogen-bond donors (Lipinski definition) is 0. The highest BCUT2D eigenvalue weighted by Crippen LogP contribution is 2.30. The van der Waals surface area contributed by atoms with Gasteiger partial charge in [-0.3, -0.25) is 0 Å². The van der Waals surface area contributed by atoms with E-state index < -0.39 is 10.0 Å². The lowest BCUT2D eigenvalue weighted by Crippen LogP contribution is -2.36. The van der Waals surface area contributed by atoms with Gasteiger partial charge >= 0.3 is 0 Å². The number of pyridine rings is 1. The van der Waals surface area contributed by atoms with Crippen molar-refractivity contribution in [2.45, 2.75) is 38.4 Å². The SMILES string of the molecule is CO[C@H](C)CS(=O)(=O)N1CC[C@H](Oc2cccnc2N2CCCC2)C1. The third-order valence-electron chi connectivity index (χ3n) is 4.80. The molecule has 2 fully saturated rings. The molecule has 3 rings (SSSR count). The molecule has 2 aliphatic rings. The Balaban J connectivity index is 1.64. The van der Waals surface area contributed by atoms with Gasteiger partial charge in [0.2, 0.25) is 10.0 Å². The molecule has 3 heterocycles. The van der Waals surface area contributed by atoms with E-state index in [2.05, 4.69) is 9.88 Å². The maximum absolute atomic E-state index is 12.4.